The number of nitrogens with zero attached hydrogens (tertiary/aromatic N) is 2. The number of amides is 1. The van der Waals surface area contributed by atoms with Gasteiger partial charge in [0, 0.05) is 24.5 Å². The largest absolute Gasteiger partial charge is 0.343 e. The van der Waals surface area contributed by atoms with Crippen LogP contribution < -0.4 is 5.32 Å². The van der Waals surface area contributed by atoms with Gasteiger partial charge in [0.15, 0.2) is 0 Å². The Morgan fingerprint density at radius 2 is 1.56 bits per heavy atom. The van der Waals surface area contributed by atoms with Crippen LogP contribution in [0, 0.1) is 11.6 Å². The molecule has 0 radical (unpaired) electrons. The molecule has 1 saturated heterocycles. The van der Waals surface area contributed by atoms with E-state index in [0.717, 1.165) is 55.1 Å². The van der Waals surface area contributed by atoms with Gasteiger partial charge in [-0.15, -0.1) is 11.3 Å². The van der Waals surface area contributed by atoms with Crippen LogP contribution in [0.5, 0.6) is 0 Å². The van der Waals surface area contributed by atoms with E-state index in [4.69, 9.17) is 0 Å². The normalized spacial score (nSPS) is 16.4. The van der Waals surface area contributed by atoms with Gasteiger partial charge in [-0.2, -0.15) is 0 Å². The highest BCUT2D eigenvalue weighted by atomic mass is 32.1. The number of hydrogen-bond donors (Lipinski definition) is 1. The Balaban J connectivity index is 1.33. The summed E-state index contributed by atoms with van der Waals surface area (Å²) < 4.78 is 26.5. The van der Waals surface area contributed by atoms with Crippen LogP contribution in [-0.2, 0) is 11.3 Å². The monoisotopic (exact) mass is 455 g/mol. The number of hydrogen-bond acceptors (Lipinski definition) is 4. The Morgan fingerprint density at radius 3 is 2.25 bits per heavy atom. The number of rotatable bonds is 7. The second-order valence-electron chi connectivity index (χ2n) is 8.10. The molecule has 2 aromatic carbocycles. The molecular formula is C25H27F2N3OS. The average molecular weight is 456 g/mol. The Hall–Kier alpha value is -2.61. The van der Waals surface area contributed by atoms with Gasteiger partial charge in [0.2, 0.25) is 5.91 Å². The van der Waals surface area contributed by atoms with Crippen LogP contribution >= 0.6 is 11.3 Å². The molecule has 1 aliphatic heterocycles. The first-order chi connectivity index (χ1) is 15.6. The van der Waals surface area contributed by atoms with E-state index in [9.17, 15) is 13.6 Å². The molecule has 1 atom stereocenters. The van der Waals surface area contributed by atoms with Crippen molar-refractivity contribution >= 4 is 17.2 Å². The fraction of sp³-hybridized carbons (Fsp3) is 0.320. The summed E-state index contributed by atoms with van der Waals surface area (Å²) in [5.41, 5.74) is 1.96. The SMILES string of the molecule is O=C(CN1CCCN(Cc2ccc(F)cc2)CC1)NC(c1ccc(F)cc1)c1cccs1. The van der Waals surface area contributed by atoms with E-state index in [-0.39, 0.29) is 23.6 Å². The van der Waals surface area contributed by atoms with Crippen molar-refractivity contribution < 1.29 is 13.6 Å². The Bertz CT molecular complexity index is 993. The molecule has 0 saturated carbocycles. The third kappa shape index (κ3) is 6.22. The molecule has 1 fully saturated rings. The van der Waals surface area contributed by atoms with E-state index in [1.165, 1.54) is 24.3 Å². The summed E-state index contributed by atoms with van der Waals surface area (Å²) in [6.45, 7) is 4.57. The van der Waals surface area contributed by atoms with Crippen molar-refractivity contribution in [2.75, 3.05) is 32.7 Å². The molecule has 32 heavy (non-hydrogen) atoms. The van der Waals surface area contributed by atoms with Crippen LogP contribution in [0.15, 0.2) is 66.0 Å². The third-order valence-corrected chi connectivity index (χ3v) is 6.64. The fourth-order valence-corrected chi connectivity index (χ4v) is 4.83. The minimum atomic E-state index is -0.292. The van der Waals surface area contributed by atoms with Crippen LogP contribution in [0.4, 0.5) is 8.78 Å². The molecule has 1 aliphatic rings. The van der Waals surface area contributed by atoms with Crippen LogP contribution in [0.3, 0.4) is 0 Å². The van der Waals surface area contributed by atoms with E-state index in [1.807, 2.05) is 29.6 Å². The maximum atomic E-state index is 13.4. The number of thiophene rings is 1. The first-order valence-electron chi connectivity index (χ1n) is 10.8. The molecule has 1 amide bonds. The average Bonchev–Trinajstić information content (AvgIpc) is 3.23. The zero-order chi connectivity index (χ0) is 22.3. The van der Waals surface area contributed by atoms with E-state index in [1.54, 1.807) is 23.5 Å². The summed E-state index contributed by atoms with van der Waals surface area (Å²) in [6.07, 6.45) is 0.973. The lowest BCUT2D eigenvalue weighted by Crippen LogP contribution is -2.40. The van der Waals surface area contributed by atoms with Crippen molar-refractivity contribution in [1.82, 2.24) is 15.1 Å². The summed E-state index contributed by atoms with van der Waals surface area (Å²) in [7, 11) is 0. The molecule has 168 valence electrons. The summed E-state index contributed by atoms with van der Waals surface area (Å²) in [5.74, 6) is -0.553. The molecule has 0 bridgehead atoms. The van der Waals surface area contributed by atoms with Crippen molar-refractivity contribution in [1.29, 1.82) is 0 Å². The van der Waals surface area contributed by atoms with Crippen molar-refractivity contribution in [2.24, 2.45) is 0 Å². The molecule has 4 nitrogen and oxygen atoms in total. The molecule has 2 heterocycles. The first-order valence-corrected chi connectivity index (χ1v) is 11.7. The van der Waals surface area contributed by atoms with Gasteiger partial charge in [0.25, 0.3) is 0 Å². The summed E-state index contributed by atoms with van der Waals surface area (Å²) in [6, 6.07) is 16.6. The highest BCUT2D eigenvalue weighted by Gasteiger charge is 2.21. The second kappa shape index (κ2) is 10.8. The molecule has 1 unspecified atom stereocenters. The zero-order valence-electron chi connectivity index (χ0n) is 17.8. The molecule has 0 aliphatic carbocycles. The van der Waals surface area contributed by atoms with Gasteiger partial charge >= 0.3 is 0 Å². The smallest absolute Gasteiger partial charge is 0.234 e. The standard InChI is InChI=1S/C25H27F2N3OS/c26-21-8-4-19(5-9-21)17-29-12-2-13-30(15-14-29)18-24(31)28-25(23-3-1-16-32-23)20-6-10-22(27)11-7-20/h1,3-11,16,25H,2,12-15,17-18H2,(H,28,31). The van der Waals surface area contributed by atoms with E-state index < -0.39 is 0 Å². The maximum absolute atomic E-state index is 13.4. The minimum Gasteiger partial charge on any atom is -0.343 e. The molecular weight excluding hydrogens is 428 g/mol. The predicted octanol–water partition coefficient (Wildman–Crippen LogP) is 4.44. The summed E-state index contributed by atoms with van der Waals surface area (Å²) in [4.78, 5) is 18.4. The van der Waals surface area contributed by atoms with Crippen molar-refractivity contribution in [2.45, 2.75) is 19.0 Å². The maximum Gasteiger partial charge on any atom is 0.234 e. The van der Waals surface area contributed by atoms with E-state index in [0.29, 0.717) is 6.54 Å². The molecule has 1 N–H and O–H groups in total. The Morgan fingerprint density at radius 1 is 0.906 bits per heavy atom. The van der Waals surface area contributed by atoms with Crippen LogP contribution in [0.1, 0.15) is 28.5 Å². The minimum absolute atomic E-state index is 0.0419. The Labute approximate surface area is 191 Å². The van der Waals surface area contributed by atoms with Gasteiger partial charge in [0.05, 0.1) is 12.6 Å². The number of benzene rings is 2. The molecule has 4 rings (SSSR count). The summed E-state index contributed by atoms with van der Waals surface area (Å²) >= 11 is 1.57. The summed E-state index contributed by atoms with van der Waals surface area (Å²) in [5, 5.41) is 5.11. The quantitative estimate of drug-likeness (QED) is 0.572. The Kier molecular flexibility index (Phi) is 7.63. The molecule has 1 aromatic heterocycles. The van der Waals surface area contributed by atoms with Crippen molar-refractivity contribution in [3.8, 4) is 0 Å². The lowest BCUT2D eigenvalue weighted by Gasteiger charge is -2.23. The number of nitrogens with one attached hydrogen (secondary N) is 1. The van der Waals surface area contributed by atoms with Crippen LogP contribution in [-0.4, -0.2) is 48.4 Å². The van der Waals surface area contributed by atoms with Gasteiger partial charge in [-0.3, -0.25) is 14.6 Å². The van der Waals surface area contributed by atoms with Gasteiger partial charge < -0.3 is 5.32 Å². The van der Waals surface area contributed by atoms with E-state index in [2.05, 4.69) is 15.1 Å². The van der Waals surface area contributed by atoms with Gasteiger partial charge in [0.1, 0.15) is 11.6 Å². The number of carbonyl (C=O) groups is 1. The van der Waals surface area contributed by atoms with Crippen molar-refractivity contribution in [3.63, 3.8) is 0 Å². The molecule has 3 aromatic rings. The van der Waals surface area contributed by atoms with E-state index >= 15 is 0 Å². The van der Waals surface area contributed by atoms with Crippen LogP contribution in [0.25, 0.3) is 0 Å². The third-order valence-electron chi connectivity index (χ3n) is 5.70. The predicted molar refractivity (Wildman–Crippen MR) is 123 cm³/mol. The van der Waals surface area contributed by atoms with Gasteiger partial charge in [-0.1, -0.05) is 30.3 Å². The molecule has 7 heteroatoms. The lowest BCUT2D eigenvalue weighted by molar-refractivity contribution is -0.122. The van der Waals surface area contributed by atoms with Crippen LogP contribution in [0.2, 0.25) is 0 Å². The number of halogens is 2. The zero-order valence-corrected chi connectivity index (χ0v) is 18.7. The highest BCUT2D eigenvalue weighted by molar-refractivity contribution is 7.10. The number of carbonyl (C=O) groups excluding carboxylic acids is 1. The van der Waals surface area contributed by atoms with Gasteiger partial charge in [-0.05, 0) is 66.3 Å². The topological polar surface area (TPSA) is 35.6 Å². The fourth-order valence-electron chi connectivity index (χ4n) is 4.03. The van der Waals surface area contributed by atoms with Gasteiger partial charge in [-0.25, -0.2) is 8.78 Å². The lowest BCUT2D eigenvalue weighted by atomic mass is 10.1. The molecule has 0 spiro atoms. The highest BCUT2D eigenvalue weighted by Crippen LogP contribution is 2.26. The van der Waals surface area contributed by atoms with Crippen molar-refractivity contribution in [3.05, 3.63) is 93.7 Å². The first kappa shape index (κ1) is 22.6. The second-order valence-corrected chi connectivity index (χ2v) is 9.08.